The molecule has 0 spiro atoms. The second-order valence-corrected chi connectivity index (χ2v) is 3.95. The molecule has 1 aromatic rings. The highest BCUT2D eigenvalue weighted by molar-refractivity contribution is 5.81. The predicted molar refractivity (Wildman–Crippen MR) is 71.2 cm³/mol. The molecule has 1 atom stereocenters. The SMILES string of the molecule is C#CCNC(=O)C(C)NCc1ccc([N+](=O)[O-])cc1. The first kappa shape index (κ1) is 14.7. The summed E-state index contributed by atoms with van der Waals surface area (Å²) in [5, 5.41) is 16.1. The maximum absolute atomic E-state index is 11.5. The van der Waals surface area contributed by atoms with E-state index in [1.165, 1.54) is 12.1 Å². The zero-order valence-electron chi connectivity index (χ0n) is 10.6. The number of nitro benzene ring substituents is 1. The fraction of sp³-hybridized carbons (Fsp3) is 0.308. The van der Waals surface area contributed by atoms with Crippen LogP contribution in [0.3, 0.4) is 0 Å². The van der Waals surface area contributed by atoms with Crippen molar-refractivity contribution in [3.05, 3.63) is 39.9 Å². The van der Waals surface area contributed by atoms with Crippen LogP contribution in [0.4, 0.5) is 5.69 Å². The van der Waals surface area contributed by atoms with Gasteiger partial charge < -0.3 is 10.6 Å². The Balaban J connectivity index is 2.46. The number of rotatable bonds is 6. The van der Waals surface area contributed by atoms with Gasteiger partial charge in [-0.1, -0.05) is 18.1 Å². The van der Waals surface area contributed by atoms with Gasteiger partial charge in [-0.3, -0.25) is 14.9 Å². The van der Waals surface area contributed by atoms with Gasteiger partial charge in [-0.2, -0.15) is 0 Å². The lowest BCUT2D eigenvalue weighted by atomic mass is 10.2. The minimum absolute atomic E-state index is 0.0450. The molecule has 0 aromatic heterocycles. The van der Waals surface area contributed by atoms with Crippen LogP contribution < -0.4 is 10.6 Å². The minimum atomic E-state index is -0.451. The summed E-state index contributed by atoms with van der Waals surface area (Å²) in [5.74, 6) is 2.14. The van der Waals surface area contributed by atoms with E-state index >= 15 is 0 Å². The van der Waals surface area contributed by atoms with E-state index in [1.807, 2.05) is 0 Å². The van der Waals surface area contributed by atoms with Gasteiger partial charge >= 0.3 is 0 Å². The van der Waals surface area contributed by atoms with E-state index < -0.39 is 4.92 Å². The molecule has 2 N–H and O–H groups in total. The summed E-state index contributed by atoms with van der Waals surface area (Å²) < 4.78 is 0. The van der Waals surface area contributed by atoms with Crippen molar-refractivity contribution in [2.24, 2.45) is 0 Å². The largest absolute Gasteiger partial charge is 0.344 e. The van der Waals surface area contributed by atoms with Gasteiger partial charge in [-0.25, -0.2) is 0 Å². The summed E-state index contributed by atoms with van der Waals surface area (Å²) in [5.41, 5.74) is 0.908. The van der Waals surface area contributed by atoms with Crippen molar-refractivity contribution >= 4 is 11.6 Å². The molecule has 0 fully saturated rings. The third-order valence-electron chi connectivity index (χ3n) is 2.52. The topological polar surface area (TPSA) is 84.3 Å². The van der Waals surface area contributed by atoms with Gasteiger partial charge in [0, 0.05) is 18.7 Å². The standard InChI is InChI=1S/C13H15N3O3/c1-3-8-14-13(17)10(2)15-9-11-4-6-12(7-5-11)16(18)19/h1,4-7,10,15H,8-9H2,2H3,(H,14,17). The van der Waals surface area contributed by atoms with Gasteiger partial charge in [0.05, 0.1) is 17.5 Å². The Hall–Kier alpha value is -2.39. The molecule has 19 heavy (non-hydrogen) atoms. The fourth-order valence-corrected chi connectivity index (χ4v) is 1.39. The smallest absolute Gasteiger partial charge is 0.269 e. The van der Waals surface area contributed by atoms with Crippen LogP contribution >= 0.6 is 0 Å². The highest BCUT2D eigenvalue weighted by Gasteiger charge is 2.11. The summed E-state index contributed by atoms with van der Waals surface area (Å²) in [6, 6.07) is 5.78. The van der Waals surface area contributed by atoms with Crippen molar-refractivity contribution in [2.45, 2.75) is 19.5 Å². The van der Waals surface area contributed by atoms with Gasteiger partial charge in [-0.15, -0.1) is 6.42 Å². The van der Waals surface area contributed by atoms with Crippen LogP contribution in [-0.4, -0.2) is 23.4 Å². The van der Waals surface area contributed by atoms with Crippen LogP contribution in [0, 0.1) is 22.5 Å². The van der Waals surface area contributed by atoms with Crippen LogP contribution in [0.15, 0.2) is 24.3 Å². The molecule has 0 aliphatic heterocycles. The lowest BCUT2D eigenvalue weighted by Gasteiger charge is -2.12. The van der Waals surface area contributed by atoms with Crippen molar-refractivity contribution in [3.8, 4) is 12.3 Å². The fourth-order valence-electron chi connectivity index (χ4n) is 1.39. The highest BCUT2D eigenvalue weighted by atomic mass is 16.6. The van der Waals surface area contributed by atoms with Crippen molar-refractivity contribution in [1.82, 2.24) is 10.6 Å². The maximum atomic E-state index is 11.5. The Bertz CT molecular complexity index is 491. The zero-order valence-corrected chi connectivity index (χ0v) is 10.6. The van der Waals surface area contributed by atoms with E-state index in [4.69, 9.17) is 6.42 Å². The number of amides is 1. The molecule has 0 saturated carbocycles. The number of benzene rings is 1. The van der Waals surface area contributed by atoms with Crippen LogP contribution in [0.2, 0.25) is 0 Å². The third-order valence-corrected chi connectivity index (χ3v) is 2.52. The van der Waals surface area contributed by atoms with Crippen LogP contribution in [0.5, 0.6) is 0 Å². The molecule has 0 heterocycles. The summed E-state index contributed by atoms with van der Waals surface area (Å²) >= 11 is 0. The molecule has 6 nitrogen and oxygen atoms in total. The van der Waals surface area contributed by atoms with Crippen molar-refractivity contribution in [2.75, 3.05) is 6.54 Å². The van der Waals surface area contributed by atoms with E-state index in [0.29, 0.717) is 6.54 Å². The summed E-state index contributed by atoms with van der Waals surface area (Å²) in [6.45, 7) is 2.36. The van der Waals surface area contributed by atoms with Crippen LogP contribution in [0.1, 0.15) is 12.5 Å². The first-order valence-electron chi connectivity index (χ1n) is 5.72. The molecule has 1 unspecified atom stereocenters. The molecule has 0 saturated heterocycles. The number of nitrogens with one attached hydrogen (secondary N) is 2. The number of hydrogen-bond donors (Lipinski definition) is 2. The predicted octanol–water partition coefficient (Wildman–Crippen LogP) is 0.822. The monoisotopic (exact) mass is 261 g/mol. The zero-order chi connectivity index (χ0) is 14.3. The molecule has 0 aliphatic rings. The van der Waals surface area contributed by atoms with Crippen LogP contribution in [-0.2, 0) is 11.3 Å². The van der Waals surface area contributed by atoms with Gasteiger partial charge in [0.2, 0.25) is 5.91 Å². The van der Waals surface area contributed by atoms with Crippen molar-refractivity contribution in [3.63, 3.8) is 0 Å². The molecule has 0 bridgehead atoms. The number of nitrogens with zero attached hydrogens (tertiary/aromatic N) is 1. The third kappa shape index (κ3) is 4.77. The number of carbonyl (C=O) groups is 1. The lowest BCUT2D eigenvalue weighted by Crippen LogP contribution is -2.41. The Labute approximate surface area is 111 Å². The molecule has 0 aliphatic carbocycles. The Kier molecular flexibility index (Phi) is 5.51. The quantitative estimate of drug-likeness (QED) is 0.451. The molecule has 6 heteroatoms. The van der Waals surface area contributed by atoms with E-state index in [1.54, 1.807) is 19.1 Å². The summed E-state index contributed by atoms with van der Waals surface area (Å²) in [7, 11) is 0. The number of hydrogen-bond acceptors (Lipinski definition) is 4. The second kappa shape index (κ2) is 7.13. The average Bonchev–Trinajstić information content (AvgIpc) is 2.42. The molecule has 1 aromatic carbocycles. The van der Waals surface area contributed by atoms with Gasteiger partial charge in [0.25, 0.3) is 5.69 Å². The van der Waals surface area contributed by atoms with E-state index in [0.717, 1.165) is 5.56 Å². The number of terminal acetylenes is 1. The lowest BCUT2D eigenvalue weighted by molar-refractivity contribution is -0.384. The van der Waals surface area contributed by atoms with E-state index in [-0.39, 0.29) is 24.2 Å². The number of non-ortho nitro benzene ring substituents is 1. The Morgan fingerprint density at radius 2 is 2.11 bits per heavy atom. The average molecular weight is 261 g/mol. The van der Waals surface area contributed by atoms with E-state index in [9.17, 15) is 14.9 Å². The number of nitro groups is 1. The first-order chi connectivity index (χ1) is 9.04. The van der Waals surface area contributed by atoms with Crippen molar-refractivity contribution in [1.29, 1.82) is 0 Å². The maximum Gasteiger partial charge on any atom is 0.269 e. The number of carbonyl (C=O) groups excluding carboxylic acids is 1. The molecule has 1 amide bonds. The molecular formula is C13H15N3O3. The van der Waals surface area contributed by atoms with Crippen molar-refractivity contribution < 1.29 is 9.72 Å². The molecule has 100 valence electrons. The molecule has 1 rings (SSSR count). The van der Waals surface area contributed by atoms with Crippen LogP contribution in [0.25, 0.3) is 0 Å². The normalized spacial score (nSPS) is 11.4. The van der Waals surface area contributed by atoms with E-state index in [2.05, 4.69) is 16.6 Å². The minimum Gasteiger partial charge on any atom is -0.344 e. The first-order valence-corrected chi connectivity index (χ1v) is 5.72. The summed E-state index contributed by atoms with van der Waals surface area (Å²) in [4.78, 5) is 21.5. The Morgan fingerprint density at radius 3 is 2.63 bits per heavy atom. The van der Waals surface area contributed by atoms with Gasteiger partial charge in [-0.05, 0) is 12.5 Å². The highest BCUT2D eigenvalue weighted by Crippen LogP contribution is 2.11. The second-order valence-electron chi connectivity index (χ2n) is 3.95. The Morgan fingerprint density at radius 1 is 1.47 bits per heavy atom. The summed E-state index contributed by atoms with van der Waals surface area (Å²) in [6.07, 6.45) is 5.04. The molecular weight excluding hydrogens is 246 g/mol. The van der Waals surface area contributed by atoms with Gasteiger partial charge in [0.15, 0.2) is 0 Å². The molecule has 0 radical (unpaired) electrons. The van der Waals surface area contributed by atoms with Gasteiger partial charge in [0.1, 0.15) is 0 Å².